The zero-order valence-electron chi connectivity index (χ0n) is 17.3. The van der Waals surface area contributed by atoms with Crippen molar-refractivity contribution in [3.63, 3.8) is 0 Å². The van der Waals surface area contributed by atoms with Gasteiger partial charge in [-0.3, -0.25) is 0 Å². The Bertz CT molecular complexity index is 922. The fraction of sp³-hybridized carbons (Fsp3) is 0.391. The van der Waals surface area contributed by atoms with Crippen LogP contribution < -0.4 is 4.74 Å². The summed E-state index contributed by atoms with van der Waals surface area (Å²) in [7, 11) is 1.35. The van der Waals surface area contributed by atoms with Gasteiger partial charge in [-0.2, -0.15) is 0 Å². The zero-order chi connectivity index (χ0) is 21.1. The average Bonchev–Trinajstić information content (AvgIpc) is 2.98. The highest BCUT2D eigenvalue weighted by atomic mass is 16.5. The molecule has 0 radical (unpaired) electrons. The Balaban J connectivity index is 1.68. The first-order chi connectivity index (χ1) is 14.6. The van der Waals surface area contributed by atoms with Gasteiger partial charge in [0.1, 0.15) is 12.4 Å². The molecule has 2 aliphatic heterocycles. The van der Waals surface area contributed by atoms with E-state index in [0.29, 0.717) is 50.8 Å². The molecule has 2 amide bonds. The highest BCUT2D eigenvalue weighted by Crippen LogP contribution is 2.33. The second-order valence-electron chi connectivity index (χ2n) is 7.56. The molecule has 30 heavy (non-hydrogen) atoms. The molecule has 158 valence electrons. The minimum atomic E-state index is -0.415. The Morgan fingerprint density at radius 2 is 1.80 bits per heavy atom. The van der Waals surface area contributed by atoms with E-state index >= 15 is 0 Å². The van der Waals surface area contributed by atoms with Crippen LogP contribution in [0.3, 0.4) is 0 Å². The molecule has 0 N–H and O–H groups in total. The first kappa shape index (κ1) is 20.2. The number of morpholine rings is 1. The normalized spacial score (nSPS) is 18.8. The number of rotatable bonds is 2. The lowest BCUT2D eigenvalue weighted by atomic mass is 10.0. The molecule has 0 spiro atoms. The van der Waals surface area contributed by atoms with Crippen LogP contribution in [-0.4, -0.2) is 61.8 Å². The SMILES string of the molecule is COC(=O)c1ccc2c(c1)OC[C@H](c1ccc(C)cc1)N(C(=O)N1CCOCC1)C2. The Morgan fingerprint density at radius 3 is 2.50 bits per heavy atom. The number of carbonyl (C=O) groups is 2. The van der Waals surface area contributed by atoms with E-state index in [1.54, 1.807) is 12.1 Å². The summed E-state index contributed by atoms with van der Waals surface area (Å²) in [6.45, 7) is 4.97. The van der Waals surface area contributed by atoms with Crippen LogP contribution >= 0.6 is 0 Å². The van der Waals surface area contributed by atoms with Crippen molar-refractivity contribution in [1.29, 1.82) is 0 Å². The van der Waals surface area contributed by atoms with Crippen LogP contribution in [0.25, 0.3) is 0 Å². The average molecular weight is 410 g/mol. The zero-order valence-corrected chi connectivity index (χ0v) is 17.3. The van der Waals surface area contributed by atoms with Gasteiger partial charge in [-0.15, -0.1) is 0 Å². The standard InChI is InChI=1S/C23H26N2O5/c1-16-3-5-17(6-4-16)20-15-30-21-13-18(22(26)28-2)7-8-19(21)14-25(20)23(27)24-9-11-29-12-10-24/h3-8,13,20H,9-12,14-15H2,1-2H3/t20-/m1/s1. The number of nitrogens with zero attached hydrogens (tertiary/aromatic N) is 2. The van der Waals surface area contributed by atoms with E-state index in [9.17, 15) is 9.59 Å². The maximum Gasteiger partial charge on any atom is 0.337 e. The minimum absolute atomic E-state index is 0.0302. The van der Waals surface area contributed by atoms with Crippen LogP contribution in [0.1, 0.15) is 33.1 Å². The third-order valence-corrected chi connectivity index (χ3v) is 5.59. The third kappa shape index (κ3) is 4.11. The number of fused-ring (bicyclic) bond motifs is 1. The van der Waals surface area contributed by atoms with Gasteiger partial charge in [0, 0.05) is 18.7 Å². The number of amides is 2. The first-order valence-corrected chi connectivity index (χ1v) is 10.1. The van der Waals surface area contributed by atoms with Crippen molar-refractivity contribution in [2.75, 3.05) is 40.0 Å². The molecule has 2 aromatic rings. The first-order valence-electron chi connectivity index (χ1n) is 10.1. The van der Waals surface area contributed by atoms with Crippen molar-refractivity contribution < 1.29 is 23.8 Å². The number of aryl methyl sites for hydroxylation is 1. The van der Waals surface area contributed by atoms with Crippen molar-refractivity contribution >= 4 is 12.0 Å². The molecule has 7 heteroatoms. The van der Waals surface area contributed by atoms with Crippen molar-refractivity contribution in [2.45, 2.75) is 19.5 Å². The Kier molecular flexibility index (Phi) is 5.90. The number of carbonyl (C=O) groups excluding carboxylic acids is 2. The molecular weight excluding hydrogens is 384 g/mol. The molecular formula is C23H26N2O5. The maximum absolute atomic E-state index is 13.5. The Hall–Kier alpha value is -3.06. The van der Waals surface area contributed by atoms with E-state index in [2.05, 4.69) is 0 Å². The van der Waals surface area contributed by atoms with E-state index in [1.165, 1.54) is 7.11 Å². The number of ether oxygens (including phenoxy) is 3. The van der Waals surface area contributed by atoms with Crippen molar-refractivity contribution in [1.82, 2.24) is 9.80 Å². The molecule has 0 aromatic heterocycles. The Morgan fingerprint density at radius 1 is 1.07 bits per heavy atom. The van der Waals surface area contributed by atoms with Gasteiger partial charge in [0.15, 0.2) is 0 Å². The van der Waals surface area contributed by atoms with E-state index in [1.807, 2.05) is 47.1 Å². The maximum atomic E-state index is 13.5. The summed E-state index contributed by atoms with van der Waals surface area (Å²) in [6, 6.07) is 13.1. The third-order valence-electron chi connectivity index (χ3n) is 5.59. The predicted molar refractivity (Wildman–Crippen MR) is 111 cm³/mol. The van der Waals surface area contributed by atoms with Crippen LogP contribution in [0.15, 0.2) is 42.5 Å². The second-order valence-corrected chi connectivity index (χ2v) is 7.56. The molecule has 4 rings (SSSR count). The number of urea groups is 1. The summed E-state index contributed by atoms with van der Waals surface area (Å²) in [6.07, 6.45) is 0. The van der Waals surface area contributed by atoms with E-state index in [0.717, 1.165) is 16.7 Å². The number of methoxy groups -OCH3 is 1. The van der Waals surface area contributed by atoms with Crippen LogP contribution in [0, 0.1) is 6.92 Å². The molecule has 1 fully saturated rings. The van der Waals surface area contributed by atoms with E-state index in [4.69, 9.17) is 14.2 Å². The van der Waals surface area contributed by atoms with Gasteiger partial charge >= 0.3 is 12.0 Å². The largest absolute Gasteiger partial charge is 0.491 e. The molecule has 2 aromatic carbocycles. The molecule has 0 saturated carbocycles. The van der Waals surface area contributed by atoms with Crippen LogP contribution in [0.2, 0.25) is 0 Å². The number of hydrogen-bond donors (Lipinski definition) is 0. The van der Waals surface area contributed by atoms with Gasteiger partial charge in [0.2, 0.25) is 0 Å². The molecule has 1 atom stereocenters. The predicted octanol–water partition coefficient (Wildman–Crippen LogP) is 3.17. The number of hydrogen-bond acceptors (Lipinski definition) is 5. The monoisotopic (exact) mass is 410 g/mol. The van der Waals surface area contributed by atoms with Crippen LogP contribution in [-0.2, 0) is 16.0 Å². The lowest BCUT2D eigenvalue weighted by Crippen LogP contribution is -2.49. The summed E-state index contributed by atoms with van der Waals surface area (Å²) in [5, 5.41) is 0. The van der Waals surface area contributed by atoms with Gasteiger partial charge in [0.05, 0.1) is 38.5 Å². The van der Waals surface area contributed by atoms with Gasteiger partial charge in [-0.1, -0.05) is 35.9 Å². The lowest BCUT2D eigenvalue weighted by Gasteiger charge is -2.36. The van der Waals surface area contributed by atoms with Gasteiger partial charge in [0.25, 0.3) is 0 Å². The fourth-order valence-corrected chi connectivity index (χ4v) is 3.82. The van der Waals surface area contributed by atoms with Crippen LogP contribution in [0.4, 0.5) is 4.79 Å². The summed E-state index contributed by atoms with van der Waals surface area (Å²) in [5.74, 6) is 0.189. The highest BCUT2D eigenvalue weighted by Gasteiger charge is 2.33. The van der Waals surface area contributed by atoms with Crippen molar-refractivity contribution in [2.24, 2.45) is 0 Å². The molecule has 7 nitrogen and oxygen atoms in total. The van der Waals surface area contributed by atoms with Crippen molar-refractivity contribution in [3.05, 3.63) is 64.7 Å². The fourth-order valence-electron chi connectivity index (χ4n) is 3.82. The van der Waals surface area contributed by atoms with Crippen molar-refractivity contribution in [3.8, 4) is 5.75 Å². The van der Waals surface area contributed by atoms with Gasteiger partial charge < -0.3 is 24.0 Å². The molecule has 2 aliphatic rings. The second kappa shape index (κ2) is 8.75. The highest BCUT2D eigenvalue weighted by molar-refractivity contribution is 5.90. The quantitative estimate of drug-likeness (QED) is 0.712. The number of benzene rings is 2. The van der Waals surface area contributed by atoms with Gasteiger partial charge in [-0.05, 0) is 24.6 Å². The topological polar surface area (TPSA) is 68.3 Å². The molecule has 0 bridgehead atoms. The summed E-state index contributed by atoms with van der Waals surface area (Å²) in [4.78, 5) is 29.1. The van der Waals surface area contributed by atoms with Gasteiger partial charge in [-0.25, -0.2) is 9.59 Å². The minimum Gasteiger partial charge on any atom is -0.491 e. The van der Waals surface area contributed by atoms with Crippen LogP contribution in [0.5, 0.6) is 5.75 Å². The smallest absolute Gasteiger partial charge is 0.337 e. The molecule has 0 unspecified atom stereocenters. The van der Waals surface area contributed by atoms with E-state index in [-0.39, 0.29) is 12.1 Å². The summed E-state index contributed by atoms with van der Waals surface area (Å²) >= 11 is 0. The summed E-state index contributed by atoms with van der Waals surface area (Å²) < 4.78 is 16.3. The number of esters is 1. The lowest BCUT2D eigenvalue weighted by molar-refractivity contribution is 0.0362. The molecule has 1 saturated heterocycles. The Labute approximate surface area is 176 Å². The molecule has 0 aliphatic carbocycles. The van der Waals surface area contributed by atoms with E-state index < -0.39 is 5.97 Å². The molecule has 2 heterocycles. The summed E-state index contributed by atoms with van der Waals surface area (Å²) in [5.41, 5.74) is 3.46.